The van der Waals surface area contributed by atoms with Crippen LogP contribution >= 0.6 is 0 Å². The second-order valence-electron chi connectivity index (χ2n) is 5.54. The lowest BCUT2D eigenvalue weighted by Crippen LogP contribution is -2.50. The maximum absolute atomic E-state index is 11.5. The molecule has 1 saturated heterocycles. The van der Waals surface area contributed by atoms with Gasteiger partial charge in [0.15, 0.2) is 0 Å². The van der Waals surface area contributed by atoms with Crippen LogP contribution in [0.15, 0.2) is 0 Å². The molecule has 3 heteroatoms. The Labute approximate surface area is 98.8 Å². The molecule has 16 heavy (non-hydrogen) atoms. The van der Waals surface area contributed by atoms with Crippen LogP contribution in [0.3, 0.4) is 0 Å². The number of hydrogen-bond acceptors (Lipinski definition) is 3. The van der Waals surface area contributed by atoms with E-state index in [1.54, 1.807) is 0 Å². The predicted octanol–water partition coefficient (Wildman–Crippen LogP) is 1.52. The van der Waals surface area contributed by atoms with E-state index in [2.05, 4.69) is 23.9 Å². The molecule has 2 unspecified atom stereocenters. The summed E-state index contributed by atoms with van der Waals surface area (Å²) < 4.78 is 0. The zero-order chi connectivity index (χ0) is 11.5. The Morgan fingerprint density at radius 2 is 2.06 bits per heavy atom. The van der Waals surface area contributed by atoms with Crippen molar-refractivity contribution in [3.63, 3.8) is 0 Å². The van der Waals surface area contributed by atoms with Crippen molar-refractivity contribution in [1.82, 2.24) is 9.80 Å². The molecule has 1 aliphatic heterocycles. The molecule has 2 aliphatic rings. The Bertz CT molecular complexity index is 252. The van der Waals surface area contributed by atoms with Crippen molar-refractivity contribution >= 4 is 5.78 Å². The van der Waals surface area contributed by atoms with E-state index < -0.39 is 0 Å². The van der Waals surface area contributed by atoms with Gasteiger partial charge in [0.1, 0.15) is 5.78 Å². The van der Waals surface area contributed by atoms with E-state index in [1.807, 2.05) is 0 Å². The molecule has 2 atom stereocenters. The summed E-state index contributed by atoms with van der Waals surface area (Å²) in [5.74, 6) is 0.475. The smallest absolute Gasteiger partial charge is 0.134 e. The average Bonchev–Trinajstić information content (AvgIpc) is 2.29. The van der Waals surface area contributed by atoms with Gasteiger partial charge in [-0.05, 0) is 46.3 Å². The largest absolute Gasteiger partial charge is 0.305 e. The molecule has 0 aromatic carbocycles. The van der Waals surface area contributed by atoms with Crippen molar-refractivity contribution < 1.29 is 4.79 Å². The number of Topliss-reactive ketones (excluding diaryl/α,β-unsaturated/α-hetero) is 1. The molecule has 0 amide bonds. The van der Waals surface area contributed by atoms with E-state index in [9.17, 15) is 4.79 Å². The Kier molecular flexibility index (Phi) is 3.98. The first-order valence-electron chi connectivity index (χ1n) is 6.59. The van der Waals surface area contributed by atoms with E-state index in [4.69, 9.17) is 0 Å². The third-order valence-corrected chi connectivity index (χ3v) is 4.13. The minimum absolute atomic E-state index is 0.475. The number of nitrogens with zero attached hydrogens (tertiary/aromatic N) is 2. The fraction of sp³-hybridized carbons (Fsp3) is 0.923. The molecule has 0 aromatic rings. The van der Waals surface area contributed by atoms with Gasteiger partial charge in [0.25, 0.3) is 0 Å². The van der Waals surface area contributed by atoms with Crippen molar-refractivity contribution in [2.45, 2.75) is 50.6 Å². The zero-order valence-corrected chi connectivity index (χ0v) is 10.6. The van der Waals surface area contributed by atoms with E-state index in [1.165, 1.54) is 25.8 Å². The Morgan fingerprint density at radius 1 is 1.25 bits per heavy atom. The highest BCUT2D eigenvalue weighted by Crippen LogP contribution is 2.24. The Balaban J connectivity index is 1.90. The lowest BCUT2D eigenvalue weighted by molar-refractivity contribution is -0.122. The number of carbonyl (C=O) groups is 1. The molecule has 2 rings (SSSR count). The van der Waals surface area contributed by atoms with Gasteiger partial charge in [-0.2, -0.15) is 0 Å². The fourth-order valence-corrected chi connectivity index (χ4v) is 3.05. The highest BCUT2D eigenvalue weighted by molar-refractivity contribution is 5.79. The third kappa shape index (κ3) is 2.83. The molecular weight excluding hydrogens is 200 g/mol. The van der Waals surface area contributed by atoms with E-state index in [0.717, 1.165) is 25.8 Å². The van der Waals surface area contributed by atoms with E-state index in [0.29, 0.717) is 17.9 Å². The van der Waals surface area contributed by atoms with Gasteiger partial charge in [0.05, 0.1) is 0 Å². The van der Waals surface area contributed by atoms with Crippen LogP contribution in [0.5, 0.6) is 0 Å². The quantitative estimate of drug-likeness (QED) is 0.710. The third-order valence-electron chi connectivity index (χ3n) is 4.13. The topological polar surface area (TPSA) is 23.6 Å². The van der Waals surface area contributed by atoms with Crippen molar-refractivity contribution in [1.29, 1.82) is 0 Å². The summed E-state index contributed by atoms with van der Waals surface area (Å²) in [5.41, 5.74) is 0. The number of likely N-dealkylation sites (tertiary alicyclic amines) is 1. The summed E-state index contributed by atoms with van der Waals surface area (Å²) in [6.07, 6.45) is 6.55. The first-order chi connectivity index (χ1) is 7.66. The average molecular weight is 224 g/mol. The Hall–Kier alpha value is -0.410. The molecule has 1 aliphatic carbocycles. The lowest BCUT2D eigenvalue weighted by atomic mass is 9.91. The van der Waals surface area contributed by atoms with Crippen LogP contribution in [0.2, 0.25) is 0 Å². The summed E-state index contributed by atoms with van der Waals surface area (Å²) in [6, 6.07) is 1.23. The maximum Gasteiger partial charge on any atom is 0.134 e. The monoisotopic (exact) mass is 224 g/mol. The molecule has 0 radical (unpaired) electrons. The van der Waals surface area contributed by atoms with Gasteiger partial charge >= 0.3 is 0 Å². The Morgan fingerprint density at radius 3 is 2.75 bits per heavy atom. The first kappa shape index (κ1) is 12.1. The highest BCUT2D eigenvalue weighted by atomic mass is 16.1. The minimum atomic E-state index is 0.475. The normalized spacial score (nSPS) is 33.3. The molecule has 0 aromatic heterocycles. The van der Waals surface area contributed by atoms with Gasteiger partial charge in [0, 0.05) is 31.5 Å². The number of rotatable bonds is 2. The summed E-state index contributed by atoms with van der Waals surface area (Å²) in [6.45, 7) is 2.35. The summed E-state index contributed by atoms with van der Waals surface area (Å²) in [4.78, 5) is 16.4. The van der Waals surface area contributed by atoms with Crippen molar-refractivity contribution in [3.8, 4) is 0 Å². The number of piperidine rings is 1. The van der Waals surface area contributed by atoms with Crippen LogP contribution in [-0.2, 0) is 4.79 Å². The van der Waals surface area contributed by atoms with Gasteiger partial charge in [0.2, 0.25) is 0 Å². The van der Waals surface area contributed by atoms with Gasteiger partial charge in [-0.3, -0.25) is 9.69 Å². The van der Waals surface area contributed by atoms with Crippen LogP contribution in [0.25, 0.3) is 0 Å². The zero-order valence-electron chi connectivity index (χ0n) is 10.6. The van der Waals surface area contributed by atoms with Gasteiger partial charge in [-0.25, -0.2) is 0 Å². The number of likely N-dealkylation sites (N-methyl/N-ethyl adjacent to an activating group) is 1. The summed E-state index contributed by atoms with van der Waals surface area (Å²) in [7, 11) is 4.33. The van der Waals surface area contributed by atoms with E-state index in [-0.39, 0.29) is 0 Å². The maximum atomic E-state index is 11.5. The first-order valence-corrected chi connectivity index (χ1v) is 6.59. The summed E-state index contributed by atoms with van der Waals surface area (Å²) in [5, 5.41) is 0. The van der Waals surface area contributed by atoms with E-state index >= 15 is 0 Å². The standard InChI is InChI=1S/C13H24N2O/c1-14(2)12-6-4-8-15(10-12)11-5-3-7-13(16)9-11/h11-12H,3-10H2,1-2H3. The van der Waals surface area contributed by atoms with Crippen LogP contribution in [-0.4, -0.2) is 54.9 Å². The second-order valence-corrected chi connectivity index (χ2v) is 5.54. The number of ketones is 1. The highest BCUT2D eigenvalue weighted by Gasteiger charge is 2.29. The number of hydrogen-bond donors (Lipinski definition) is 0. The molecule has 2 fully saturated rings. The molecule has 1 heterocycles. The SMILES string of the molecule is CN(C)C1CCCN(C2CCCC(=O)C2)C1. The van der Waals surface area contributed by atoms with Crippen LogP contribution in [0.1, 0.15) is 38.5 Å². The molecule has 0 N–H and O–H groups in total. The minimum Gasteiger partial charge on any atom is -0.305 e. The molecule has 1 saturated carbocycles. The predicted molar refractivity (Wildman–Crippen MR) is 65.5 cm³/mol. The van der Waals surface area contributed by atoms with Crippen LogP contribution in [0, 0.1) is 0 Å². The summed E-state index contributed by atoms with van der Waals surface area (Å²) >= 11 is 0. The fourth-order valence-electron chi connectivity index (χ4n) is 3.05. The van der Waals surface area contributed by atoms with Crippen molar-refractivity contribution in [2.24, 2.45) is 0 Å². The van der Waals surface area contributed by atoms with Crippen molar-refractivity contribution in [2.75, 3.05) is 27.2 Å². The molecular formula is C13H24N2O. The number of carbonyl (C=O) groups excluding carboxylic acids is 1. The van der Waals surface area contributed by atoms with Crippen LogP contribution < -0.4 is 0 Å². The molecule has 92 valence electrons. The van der Waals surface area contributed by atoms with Gasteiger partial charge in [-0.1, -0.05) is 0 Å². The van der Waals surface area contributed by atoms with Crippen molar-refractivity contribution in [3.05, 3.63) is 0 Å². The second kappa shape index (κ2) is 5.28. The lowest BCUT2D eigenvalue weighted by Gasteiger charge is -2.41. The molecule has 0 bridgehead atoms. The van der Waals surface area contributed by atoms with Gasteiger partial charge in [-0.15, -0.1) is 0 Å². The van der Waals surface area contributed by atoms with Crippen LogP contribution in [0.4, 0.5) is 0 Å². The molecule has 0 spiro atoms. The molecule has 3 nitrogen and oxygen atoms in total. The van der Waals surface area contributed by atoms with Gasteiger partial charge < -0.3 is 4.90 Å².